The first-order valence-electron chi connectivity index (χ1n) is 7.06. The average Bonchev–Trinajstić information content (AvgIpc) is 2.77. The highest BCUT2D eigenvalue weighted by Gasteiger charge is 2.30. The van der Waals surface area contributed by atoms with Crippen LogP contribution in [0.25, 0.3) is 0 Å². The van der Waals surface area contributed by atoms with E-state index >= 15 is 0 Å². The van der Waals surface area contributed by atoms with E-state index in [1.807, 2.05) is 6.07 Å². The second kappa shape index (κ2) is 5.75. The molecule has 21 heavy (non-hydrogen) atoms. The van der Waals surface area contributed by atoms with Crippen LogP contribution in [0.3, 0.4) is 0 Å². The summed E-state index contributed by atoms with van der Waals surface area (Å²) in [6.45, 7) is 5.95. The number of sulfonamides is 1. The fourth-order valence-electron chi connectivity index (χ4n) is 2.61. The first-order valence-corrected chi connectivity index (χ1v) is 8.55. The monoisotopic (exact) mass is 309 g/mol. The van der Waals surface area contributed by atoms with Crippen LogP contribution in [0.15, 0.2) is 34.2 Å². The molecule has 7 heteroatoms. The Balaban J connectivity index is 1.76. The Labute approximate surface area is 124 Å². The molecular weight excluding hydrogens is 290 g/mol. The van der Waals surface area contributed by atoms with Crippen molar-refractivity contribution in [3.8, 4) is 0 Å². The number of ether oxygens (including phenoxy) is 1. The number of aliphatic imine (C=N–C) groups is 1. The Kier molecular flexibility index (Phi) is 3.97. The van der Waals surface area contributed by atoms with Gasteiger partial charge in [0, 0.05) is 24.7 Å². The van der Waals surface area contributed by atoms with Crippen LogP contribution in [0.5, 0.6) is 0 Å². The van der Waals surface area contributed by atoms with Crippen molar-refractivity contribution in [3.63, 3.8) is 0 Å². The first kappa shape index (κ1) is 14.5. The quantitative estimate of drug-likeness (QED) is 0.880. The van der Waals surface area contributed by atoms with Crippen molar-refractivity contribution in [1.29, 1.82) is 0 Å². The van der Waals surface area contributed by atoms with Gasteiger partial charge in [-0.3, -0.25) is 14.6 Å². The molecule has 1 N–H and O–H groups in total. The minimum absolute atomic E-state index is 0.263. The van der Waals surface area contributed by atoms with E-state index < -0.39 is 10.0 Å². The molecule has 1 aromatic carbocycles. The third-order valence-corrected chi connectivity index (χ3v) is 5.24. The summed E-state index contributed by atoms with van der Waals surface area (Å²) in [5.41, 5.74) is 0.659. The number of rotatable bonds is 3. The normalized spacial score (nSPS) is 24.5. The Morgan fingerprint density at radius 3 is 2.81 bits per heavy atom. The van der Waals surface area contributed by atoms with Crippen LogP contribution in [0, 0.1) is 0 Å². The smallest absolute Gasteiger partial charge is 0.263 e. The summed E-state index contributed by atoms with van der Waals surface area (Å²) in [5, 5.41) is 0. The molecule has 1 aromatic rings. The molecule has 0 aliphatic carbocycles. The van der Waals surface area contributed by atoms with E-state index in [1.54, 1.807) is 18.2 Å². The summed E-state index contributed by atoms with van der Waals surface area (Å²) in [4.78, 5) is 7.10. The van der Waals surface area contributed by atoms with E-state index in [2.05, 4.69) is 21.5 Å². The van der Waals surface area contributed by atoms with E-state index in [0.29, 0.717) is 22.8 Å². The standard InChI is InChI=1S/C14H19N3O3S/c1-11(17-6-8-20-9-7-17)10-15-14-12-4-2-3-5-13(12)21(18,19)16-14/h2-5,11H,6-10H2,1H3,(H,15,16)/t11-/m0/s1. The molecule has 0 radical (unpaired) electrons. The zero-order valence-electron chi connectivity index (χ0n) is 11.9. The van der Waals surface area contributed by atoms with E-state index in [0.717, 1.165) is 26.3 Å². The average molecular weight is 309 g/mol. The molecule has 0 saturated carbocycles. The van der Waals surface area contributed by atoms with E-state index in [1.165, 1.54) is 0 Å². The maximum absolute atomic E-state index is 12.0. The molecule has 2 aliphatic rings. The number of amidine groups is 1. The molecular formula is C14H19N3O3S. The molecule has 0 spiro atoms. The second-order valence-electron chi connectivity index (χ2n) is 5.29. The highest BCUT2D eigenvalue weighted by molar-refractivity contribution is 7.90. The van der Waals surface area contributed by atoms with Gasteiger partial charge in [0.25, 0.3) is 10.0 Å². The lowest BCUT2D eigenvalue weighted by Crippen LogP contribution is -2.43. The van der Waals surface area contributed by atoms with Gasteiger partial charge in [-0.15, -0.1) is 0 Å². The number of morpholine rings is 1. The van der Waals surface area contributed by atoms with Crippen LogP contribution in [0.2, 0.25) is 0 Å². The Morgan fingerprint density at radius 1 is 1.33 bits per heavy atom. The second-order valence-corrected chi connectivity index (χ2v) is 6.94. The molecule has 0 unspecified atom stereocenters. The number of benzene rings is 1. The highest BCUT2D eigenvalue weighted by atomic mass is 32.2. The van der Waals surface area contributed by atoms with Gasteiger partial charge in [-0.1, -0.05) is 12.1 Å². The van der Waals surface area contributed by atoms with E-state index in [-0.39, 0.29) is 6.04 Å². The molecule has 1 fully saturated rings. The molecule has 2 aliphatic heterocycles. The Hall–Kier alpha value is -1.44. The van der Waals surface area contributed by atoms with Crippen LogP contribution in [0.1, 0.15) is 12.5 Å². The Morgan fingerprint density at radius 2 is 2.05 bits per heavy atom. The summed E-state index contributed by atoms with van der Waals surface area (Å²) < 4.78 is 31.8. The fourth-order valence-corrected chi connectivity index (χ4v) is 3.86. The summed E-state index contributed by atoms with van der Waals surface area (Å²) in [6.07, 6.45) is 0. The predicted molar refractivity (Wildman–Crippen MR) is 80.0 cm³/mol. The third kappa shape index (κ3) is 2.95. The minimum atomic E-state index is -3.44. The molecule has 6 nitrogen and oxygen atoms in total. The largest absolute Gasteiger partial charge is 0.379 e. The third-order valence-electron chi connectivity index (χ3n) is 3.85. The molecule has 1 atom stereocenters. The number of nitrogens with zero attached hydrogens (tertiary/aromatic N) is 2. The van der Waals surface area contributed by atoms with Crippen LogP contribution in [-0.4, -0.2) is 58.0 Å². The summed E-state index contributed by atoms with van der Waals surface area (Å²) >= 11 is 0. The molecule has 2 heterocycles. The zero-order valence-corrected chi connectivity index (χ0v) is 12.8. The first-order chi connectivity index (χ1) is 10.1. The van der Waals surface area contributed by atoms with Gasteiger partial charge in [-0.05, 0) is 19.1 Å². The van der Waals surface area contributed by atoms with Crippen molar-refractivity contribution < 1.29 is 13.2 Å². The van der Waals surface area contributed by atoms with Gasteiger partial charge in [0.15, 0.2) is 0 Å². The number of hydrogen-bond acceptors (Lipinski definition) is 5. The van der Waals surface area contributed by atoms with E-state index in [9.17, 15) is 8.42 Å². The number of hydrogen-bond donors (Lipinski definition) is 1. The van der Waals surface area contributed by atoms with Gasteiger partial charge in [-0.25, -0.2) is 8.42 Å². The lowest BCUT2D eigenvalue weighted by molar-refractivity contribution is 0.0221. The van der Waals surface area contributed by atoms with Gasteiger partial charge in [-0.2, -0.15) is 0 Å². The van der Waals surface area contributed by atoms with Crippen LogP contribution < -0.4 is 4.72 Å². The maximum Gasteiger partial charge on any atom is 0.263 e. The van der Waals surface area contributed by atoms with Gasteiger partial charge < -0.3 is 4.74 Å². The molecule has 114 valence electrons. The summed E-state index contributed by atoms with van der Waals surface area (Å²) in [5.74, 6) is 0.450. The topological polar surface area (TPSA) is 71.0 Å². The molecule has 0 aromatic heterocycles. The molecule has 0 amide bonds. The van der Waals surface area contributed by atoms with Gasteiger partial charge in [0.05, 0.1) is 24.7 Å². The van der Waals surface area contributed by atoms with Crippen molar-refractivity contribution >= 4 is 15.9 Å². The highest BCUT2D eigenvalue weighted by Crippen LogP contribution is 2.22. The van der Waals surface area contributed by atoms with Gasteiger partial charge in [0.2, 0.25) is 0 Å². The lowest BCUT2D eigenvalue weighted by Gasteiger charge is -2.31. The lowest BCUT2D eigenvalue weighted by atomic mass is 10.2. The molecule has 0 bridgehead atoms. The number of nitrogens with one attached hydrogen (secondary N) is 1. The summed E-state index contributed by atoms with van der Waals surface area (Å²) in [6, 6.07) is 7.19. The number of fused-ring (bicyclic) bond motifs is 1. The molecule has 1 saturated heterocycles. The van der Waals surface area contributed by atoms with Crippen molar-refractivity contribution in [2.24, 2.45) is 4.99 Å². The summed E-state index contributed by atoms with van der Waals surface area (Å²) in [7, 11) is -3.44. The van der Waals surface area contributed by atoms with Crippen LogP contribution in [-0.2, 0) is 14.8 Å². The SMILES string of the molecule is C[C@@H](CN=C1NS(=O)(=O)c2ccccc21)N1CCOCC1. The van der Waals surface area contributed by atoms with E-state index in [4.69, 9.17) is 4.74 Å². The zero-order chi connectivity index (χ0) is 14.9. The predicted octanol–water partition coefficient (Wildman–Crippen LogP) is 0.446. The van der Waals surface area contributed by atoms with Crippen molar-refractivity contribution in [1.82, 2.24) is 9.62 Å². The van der Waals surface area contributed by atoms with Gasteiger partial charge in [0.1, 0.15) is 5.84 Å². The van der Waals surface area contributed by atoms with Crippen LogP contribution >= 0.6 is 0 Å². The van der Waals surface area contributed by atoms with Crippen molar-refractivity contribution in [2.75, 3.05) is 32.8 Å². The van der Waals surface area contributed by atoms with Gasteiger partial charge >= 0.3 is 0 Å². The van der Waals surface area contributed by atoms with Crippen molar-refractivity contribution in [2.45, 2.75) is 17.9 Å². The Bertz CT molecular complexity index is 651. The van der Waals surface area contributed by atoms with Crippen LogP contribution in [0.4, 0.5) is 0 Å². The molecule has 3 rings (SSSR count). The minimum Gasteiger partial charge on any atom is -0.379 e. The van der Waals surface area contributed by atoms with Crippen molar-refractivity contribution in [3.05, 3.63) is 29.8 Å². The maximum atomic E-state index is 12.0. The fraction of sp³-hybridized carbons (Fsp3) is 0.500.